The lowest BCUT2D eigenvalue weighted by molar-refractivity contribution is 0.208. The van der Waals surface area contributed by atoms with Crippen LogP contribution in [-0.2, 0) is 0 Å². The molecule has 0 heterocycles. The van der Waals surface area contributed by atoms with Crippen LogP contribution in [0, 0.1) is 12.7 Å². The fourth-order valence-electron chi connectivity index (χ4n) is 1.97. The summed E-state index contributed by atoms with van der Waals surface area (Å²) in [6.45, 7) is 4.66. The van der Waals surface area contributed by atoms with Gasteiger partial charge in [-0.1, -0.05) is 37.3 Å². The predicted octanol–water partition coefficient (Wildman–Crippen LogP) is 4.40. The highest BCUT2D eigenvalue weighted by molar-refractivity contribution is 5.44. The van der Waals surface area contributed by atoms with E-state index in [1.165, 1.54) is 6.07 Å². The molecule has 2 nitrogen and oxygen atoms in total. The van der Waals surface area contributed by atoms with Gasteiger partial charge in [0.25, 0.3) is 0 Å². The Morgan fingerprint density at radius 3 is 2.50 bits per heavy atom. The van der Waals surface area contributed by atoms with Gasteiger partial charge in [0, 0.05) is 0 Å². The molecule has 1 unspecified atom stereocenters. The van der Waals surface area contributed by atoms with Crippen molar-refractivity contribution in [3.8, 4) is 5.75 Å². The fraction of sp³-hybridized carbons (Fsp3) is 0.294. The van der Waals surface area contributed by atoms with Gasteiger partial charge in [0.15, 0.2) is 0 Å². The largest absolute Gasteiger partial charge is 0.488 e. The van der Waals surface area contributed by atoms with E-state index in [2.05, 4.69) is 12.2 Å². The quantitative estimate of drug-likeness (QED) is 0.842. The lowest BCUT2D eigenvalue weighted by atomic mass is 10.2. The van der Waals surface area contributed by atoms with E-state index in [0.717, 1.165) is 17.7 Å². The van der Waals surface area contributed by atoms with Crippen LogP contribution in [0.3, 0.4) is 0 Å². The van der Waals surface area contributed by atoms with E-state index >= 15 is 0 Å². The maximum atomic E-state index is 13.5. The molecule has 0 aliphatic carbocycles. The maximum absolute atomic E-state index is 13.5. The molecule has 2 aromatic rings. The Morgan fingerprint density at radius 2 is 1.80 bits per heavy atom. The summed E-state index contributed by atoms with van der Waals surface area (Å²) < 4.78 is 19.5. The van der Waals surface area contributed by atoms with Crippen molar-refractivity contribution in [1.82, 2.24) is 0 Å². The summed E-state index contributed by atoms with van der Waals surface area (Å²) in [6.07, 6.45) is 0.867. The zero-order valence-corrected chi connectivity index (χ0v) is 11.9. The number of aryl methyl sites for hydroxylation is 1. The van der Waals surface area contributed by atoms with Crippen molar-refractivity contribution in [2.75, 3.05) is 11.9 Å². The van der Waals surface area contributed by atoms with Gasteiger partial charge in [-0.2, -0.15) is 0 Å². The zero-order chi connectivity index (χ0) is 14.4. The lowest BCUT2D eigenvalue weighted by Gasteiger charge is -2.20. The number of ether oxygens (including phenoxy) is 1. The average molecular weight is 273 g/mol. The van der Waals surface area contributed by atoms with Gasteiger partial charge in [0.05, 0.1) is 12.2 Å². The Labute approximate surface area is 119 Å². The van der Waals surface area contributed by atoms with E-state index < -0.39 is 0 Å². The summed E-state index contributed by atoms with van der Waals surface area (Å²) >= 11 is 0. The molecular weight excluding hydrogens is 253 g/mol. The first-order valence-electron chi connectivity index (χ1n) is 6.91. The minimum absolute atomic E-state index is 0.00991. The Balaban J connectivity index is 1.96. The van der Waals surface area contributed by atoms with E-state index in [0.29, 0.717) is 12.2 Å². The molecule has 2 rings (SSSR count). The summed E-state index contributed by atoms with van der Waals surface area (Å²) in [4.78, 5) is 0. The fourth-order valence-corrected chi connectivity index (χ4v) is 1.97. The van der Waals surface area contributed by atoms with Crippen molar-refractivity contribution < 1.29 is 9.13 Å². The lowest BCUT2D eigenvalue weighted by Crippen LogP contribution is -2.26. The maximum Gasteiger partial charge on any atom is 0.146 e. The van der Waals surface area contributed by atoms with Gasteiger partial charge in [-0.15, -0.1) is 0 Å². The van der Waals surface area contributed by atoms with Crippen molar-refractivity contribution in [2.45, 2.75) is 26.4 Å². The number of hydrogen-bond acceptors (Lipinski definition) is 2. The molecule has 0 saturated heterocycles. The molecule has 1 atom stereocenters. The first-order chi connectivity index (χ1) is 9.70. The van der Waals surface area contributed by atoms with E-state index in [4.69, 9.17) is 4.74 Å². The molecule has 0 radical (unpaired) electrons. The number of nitrogens with one attached hydrogen (secondary N) is 1. The van der Waals surface area contributed by atoms with Crippen LogP contribution in [0.15, 0.2) is 48.5 Å². The van der Waals surface area contributed by atoms with Crippen LogP contribution in [0.4, 0.5) is 10.1 Å². The average Bonchev–Trinajstić information content (AvgIpc) is 2.47. The van der Waals surface area contributed by atoms with E-state index in [1.807, 2.05) is 37.3 Å². The summed E-state index contributed by atoms with van der Waals surface area (Å²) in [5, 5.41) is 3.10. The van der Waals surface area contributed by atoms with Crippen LogP contribution in [0.5, 0.6) is 5.75 Å². The van der Waals surface area contributed by atoms with Gasteiger partial charge in [0.2, 0.25) is 0 Å². The molecule has 0 aliphatic rings. The second kappa shape index (κ2) is 6.94. The second-order valence-corrected chi connectivity index (χ2v) is 4.77. The molecule has 20 heavy (non-hydrogen) atoms. The van der Waals surface area contributed by atoms with Crippen LogP contribution >= 0.6 is 0 Å². The summed E-state index contributed by atoms with van der Waals surface area (Å²) in [7, 11) is 0. The van der Waals surface area contributed by atoms with Crippen LogP contribution in [0.25, 0.3) is 0 Å². The molecular formula is C17H20FNO. The van der Waals surface area contributed by atoms with Crippen molar-refractivity contribution in [3.05, 3.63) is 59.9 Å². The number of anilines is 1. The zero-order valence-electron chi connectivity index (χ0n) is 11.9. The number of para-hydroxylation sites is 2. The number of benzene rings is 2. The molecule has 0 saturated carbocycles. The van der Waals surface area contributed by atoms with Crippen molar-refractivity contribution in [1.29, 1.82) is 0 Å². The van der Waals surface area contributed by atoms with Crippen molar-refractivity contribution >= 4 is 5.69 Å². The molecule has 0 aliphatic heterocycles. The third kappa shape index (κ3) is 3.73. The summed E-state index contributed by atoms with van der Waals surface area (Å²) in [5.74, 6) is 0.646. The molecule has 0 aromatic heterocycles. The highest BCUT2D eigenvalue weighted by Gasteiger charge is 2.10. The molecule has 0 bridgehead atoms. The minimum atomic E-state index is -0.238. The van der Waals surface area contributed by atoms with Gasteiger partial charge in [-0.3, -0.25) is 0 Å². The smallest absolute Gasteiger partial charge is 0.146 e. The van der Waals surface area contributed by atoms with Crippen molar-refractivity contribution in [2.24, 2.45) is 0 Å². The Kier molecular flexibility index (Phi) is 4.99. The molecule has 1 N–H and O–H groups in total. The first-order valence-corrected chi connectivity index (χ1v) is 6.91. The molecule has 106 valence electrons. The topological polar surface area (TPSA) is 21.3 Å². The third-order valence-corrected chi connectivity index (χ3v) is 3.24. The molecule has 0 spiro atoms. The predicted molar refractivity (Wildman–Crippen MR) is 80.8 cm³/mol. The Bertz CT molecular complexity index is 556. The monoisotopic (exact) mass is 273 g/mol. The number of rotatable bonds is 6. The van der Waals surface area contributed by atoms with E-state index in [9.17, 15) is 4.39 Å². The van der Waals surface area contributed by atoms with Gasteiger partial charge >= 0.3 is 0 Å². The van der Waals surface area contributed by atoms with Crippen LogP contribution < -0.4 is 10.1 Å². The van der Waals surface area contributed by atoms with Gasteiger partial charge in [0.1, 0.15) is 17.7 Å². The second-order valence-electron chi connectivity index (χ2n) is 4.77. The molecule has 0 amide bonds. The summed E-state index contributed by atoms with van der Waals surface area (Å²) in [6, 6.07) is 14.6. The third-order valence-electron chi connectivity index (χ3n) is 3.24. The van der Waals surface area contributed by atoms with E-state index in [-0.39, 0.29) is 11.9 Å². The van der Waals surface area contributed by atoms with Crippen LogP contribution in [0.1, 0.15) is 18.9 Å². The Morgan fingerprint density at radius 1 is 1.10 bits per heavy atom. The Hall–Kier alpha value is -2.03. The van der Waals surface area contributed by atoms with Crippen LogP contribution in [-0.4, -0.2) is 12.6 Å². The van der Waals surface area contributed by atoms with Crippen molar-refractivity contribution in [3.63, 3.8) is 0 Å². The molecule has 3 heteroatoms. The SMILES string of the molecule is CCC(CNc1ccccc1F)Oc1ccccc1C. The number of hydrogen-bond donors (Lipinski definition) is 1. The summed E-state index contributed by atoms with van der Waals surface area (Å²) in [5.41, 5.74) is 1.62. The highest BCUT2D eigenvalue weighted by Crippen LogP contribution is 2.19. The van der Waals surface area contributed by atoms with Gasteiger partial charge in [-0.05, 0) is 37.1 Å². The highest BCUT2D eigenvalue weighted by atomic mass is 19.1. The van der Waals surface area contributed by atoms with Crippen LogP contribution in [0.2, 0.25) is 0 Å². The first kappa shape index (κ1) is 14.4. The molecule has 0 fully saturated rings. The standard InChI is InChI=1S/C17H20FNO/c1-3-14(20-17-11-7-4-8-13(17)2)12-19-16-10-6-5-9-15(16)18/h4-11,14,19H,3,12H2,1-2H3. The van der Waals surface area contributed by atoms with Gasteiger partial charge in [-0.25, -0.2) is 4.39 Å². The normalized spacial score (nSPS) is 11.9. The molecule has 2 aromatic carbocycles. The van der Waals surface area contributed by atoms with Gasteiger partial charge < -0.3 is 10.1 Å². The van der Waals surface area contributed by atoms with E-state index in [1.54, 1.807) is 12.1 Å². The number of halogens is 1. The minimum Gasteiger partial charge on any atom is -0.488 e.